The molecule has 2 radical (unpaired) electrons. The van der Waals surface area contributed by atoms with Gasteiger partial charge in [-0.05, 0) is 30.9 Å². The fourth-order valence-corrected chi connectivity index (χ4v) is 3.73. The van der Waals surface area contributed by atoms with Gasteiger partial charge in [0.1, 0.15) is 0 Å². The molecule has 0 bridgehead atoms. The molecular weight excluding hydrogens is 516 g/mol. The van der Waals surface area contributed by atoms with Crippen molar-refractivity contribution in [2.45, 2.75) is 56.7 Å². The third-order valence-electron chi connectivity index (χ3n) is 4.81. The SMILES string of the molecule is [CH2]C1CCCCCC(Cc2ccccc2)(Cc2ccccc2)O1.[Cl-].[Hg+]. The molecule has 1 saturated heterocycles. The molecule has 0 spiro atoms. The minimum atomic E-state index is -0.129. The van der Waals surface area contributed by atoms with Gasteiger partial charge in [-0.3, -0.25) is 0 Å². The van der Waals surface area contributed by atoms with Crippen LogP contribution in [-0.4, -0.2) is 11.7 Å². The van der Waals surface area contributed by atoms with Gasteiger partial charge in [0.2, 0.25) is 0 Å². The average Bonchev–Trinajstić information content (AvgIpc) is 2.54. The summed E-state index contributed by atoms with van der Waals surface area (Å²) in [4.78, 5) is 0. The fourth-order valence-electron chi connectivity index (χ4n) is 3.73. The first kappa shape index (κ1) is 22.7. The van der Waals surface area contributed by atoms with Crippen molar-refractivity contribution >= 4 is 0 Å². The zero-order valence-electron chi connectivity index (χ0n) is 15.0. The number of halogens is 1. The summed E-state index contributed by atoms with van der Waals surface area (Å²) in [6, 6.07) is 21.5. The Morgan fingerprint density at radius 1 is 0.840 bits per heavy atom. The van der Waals surface area contributed by atoms with E-state index in [0.29, 0.717) is 0 Å². The number of benzene rings is 2. The van der Waals surface area contributed by atoms with E-state index in [4.69, 9.17) is 4.74 Å². The van der Waals surface area contributed by atoms with Crippen LogP contribution in [0.5, 0.6) is 0 Å². The third kappa shape index (κ3) is 7.04. The Kier molecular flexibility index (Phi) is 10.3. The van der Waals surface area contributed by atoms with Crippen molar-refractivity contribution in [1.82, 2.24) is 0 Å². The van der Waals surface area contributed by atoms with Gasteiger partial charge >= 0.3 is 27.7 Å². The number of hydrogen-bond acceptors (Lipinski definition) is 1. The van der Waals surface area contributed by atoms with Crippen LogP contribution in [0.4, 0.5) is 0 Å². The summed E-state index contributed by atoms with van der Waals surface area (Å²) < 4.78 is 6.58. The van der Waals surface area contributed by atoms with Crippen LogP contribution in [0.25, 0.3) is 0 Å². The molecule has 1 aliphatic rings. The first-order valence-corrected chi connectivity index (χ1v) is 8.85. The van der Waals surface area contributed by atoms with Crippen molar-refractivity contribution in [3.63, 3.8) is 0 Å². The predicted octanol–water partition coefficient (Wildman–Crippen LogP) is 2.40. The van der Waals surface area contributed by atoms with Gasteiger partial charge in [-0.25, -0.2) is 0 Å². The van der Waals surface area contributed by atoms with Crippen molar-refractivity contribution < 1.29 is 44.8 Å². The Morgan fingerprint density at radius 2 is 1.36 bits per heavy atom. The van der Waals surface area contributed by atoms with Crippen molar-refractivity contribution in [1.29, 1.82) is 0 Å². The zero-order valence-corrected chi connectivity index (χ0v) is 21.3. The largest absolute Gasteiger partial charge is 1.00 e. The maximum absolute atomic E-state index is 6.58. The molecule has 0 saturated carbocycles. The van der Waals surface area contributed by atoms with Gasteiger partial charge in [-0.1, -0.05) is 79.9 Å². The Bertz CT molecular complexity index is 546. The molecule has 1 heterocycles. The molecule has 1 aliphatic heterocycles. The molecule has 0 amide bonds. The summed E-state index contributed by atoms with van der Waals surface area (Å²) in [5.41, 5.74) is 2.59. The standard InChI is InChI=1S/C22H27O.ClH.Hg/c1-19-11-5-4-10-16-22(23-19,17-20-12-6-2-7-13-20)18-21-14-8-3-9-15-21;;/h2-3,6-9,12-15,19H,1,4-5,10-11,16-18H2;1H;/q;;+1/p-1. The Hall–Kier alpha value is -0.375. The number of hydrogen-bond donors (Lipinski definition) is 0. The second kappa shape index (κ2) is 11.4. The van der Waals surface area contributed by atoms with Crippen LogP contribution in [0, 0.1) is 6.92 Å². The van der Waals surface area contributed by atoms with E-state index in [0.717, 1.165) is 25.7 Å². The van der Waals surface area contributed by atoms with Gasteiger partial charge < -0.3 is 17.1 Å². The van der Waals surface area contributed by atoms with Crippen LogP contribution < -0.4 is 12.4 Å². The van der Waals surface area contributed by atoms with E-state index in [9.17, 15) is 0 Å². The molecule has 0 N–H and O–H groups in total. The van der Waals surface area contributed by atoms with Gasteiger partial charge in [0.15, 0.2) is 0 Å². The van der Waals surface area contributed by atoms with E-state index in [2.05, 4.69) is 67.6 Å². The Balaban J connectivity index is 0.00000156. The van der Waals surface area contributed by atoms with E-state index in [-0.39, 0.29) is 51.8 Å². The van der Waals surface area contributed by atoms with Crippen molar-refractivity contribution in [3.05, 3.63) is 78.7 Å². The third-order valence-corrected chi connectivity index (χ3v) is 4.81. The van der Waals surface area contributed by atoms with Crippen LogP contribution in [0.15, 0.2) is 60.7 Å². The van der Waals surface area contributed by atoms with E-state index >= 15 is 0 Å². The maximum Gasteiger partial charge on any atom is 1.00 e. The molecule has 1 fully saturated rings. The predicted molar refractivity (Wildman–Crippen MR) is 96.3 cm³/mol. The normalized spacial score (nSPS) is 19.6. The summed E-state index contributed by atoms with van der Waals surface area (Å²) in [5.74, 6) is 0. The summed E-state index contributed by atoms with van der Waals surface area (Å²) >= 11 is 0. The molecule has 0 aromatic heterocycles. The Morgan fingerprint density at radius 3 is 1.88 bits per heavy atom. The second-order valence-electron chi connectivity index (χ2n) is 6.85. The quantitative estimate of drug-likeness (QED) is 0.539. The van der Waals surface area contributed by atoms with Gasteiger partial charge in [-0.2, -0.15) is 0 Å². The zero-order chi connectivity index (χ0) is 16.0. The van der Waals surface area contributed by atoms with Crippen molar-refractivity contribution in [2.24, 2.45) is 0 Å². The molecule has 1 unspecified atom stereocenters. The van der Waals surface area contributed by atoms with E-state index < -0.39 is 0 Å². The molecule has 3 rings (SSSR count). The molecule has 25 heavy (non-hydrogen) atoms. The van der Waals surface area contributed by atoms with Crippen LogP contribution in [-0.2, 0) is 45.2 Å². The summed E-state index contributed by atoms with van der Waals surface area (Å²) in [6.45, 7) is 4.26. The summed E-state index contributed by atoms with van der Waals surface area (Å²) in [5, 5.41) is 0. The van der Waals surface area contributed by atoms with Crippen LogP contribution in [0.2, 0.25) is 0 Å². The first-order chi connectivity index (χ1) is 11.3. The molecule has 0 aliphatic carbocycles. The van der Waals surface area contributed by atoms with Crippen molar-refractivity contribution in [2.75, 3.05) is 0 Å². The van der Waals surface area contributed by atoms with Gasteiger partial charge in [0, 0.05) is 12.8 Å². The minimum absolute atomic E-state index is 0. The van der Waals surface area contributed by atoms with Crippen molar-refractivity contribution in [3.8, 4) is 0 Å². The topological polar surface area (TPSA) is 9.23 Å². The van der Waals surface area contributed by atoms with Crippen LogP contribution in [0.1, 0.15) is 43.2 Å². The van der Waals surface area contributed by atoms with Gasteiger partial charge in [-0.15, -0.1) is 0 Å². The minimum Gasteiger partial charge on any atom is -1.00 e. The fraction of sp³-hybridized carbons (Fsp3) is 0.409. The number of ether oxygens (including phenoxy) is 1. The molecule has 3 heteroatoms. The van der Waals surface area contributed by atoms with Gasteiger partial charge in [0.05, 0.1) is 11.7 Å². The van der Waals surface area contributed by atoms with E-state index in [1.807, 2.05) is 0 Å². The molecule has 1 nitrogen and oxygen atoms in total. The average molecular weight is 544 g/mol. The molecule has 1 atom stereocenters. The summed E-state index contributed by atoms with van der Waals surface area (Å²) in [7, 11) is 0. The van der Waals surface area contributed by atoms with Crippen LogP contribution in [0.3, 0.4) is 0 Å². The Labute approximate surface area is 179 Å². The smallest absolute Gasteiger partial charge is 1.00 e. The molecular formula is C22H27ClHgO. The number of rotatable bonds is 4. The second-order valence-corrected chi connectivity index (χ2v) is 6.85. The monoisotopic (exact) mass is 544 g/mol. The summed E-state index contributed by atoms with van der Waals surface area (Å²) in [6.07, 6.45) is 7.99. The molecule has 2 aromatic carbocycles. The van der Waals surface area contributed by atoms with Gasteiger partial charge in [0.25, 0.3) is 0 Å². The van der Waals surface area contributed by atoms with Crippen LogP contribution >= 0.6 is 0 Å². The molecule has 2 aromatic rings. The van der Waals surface area contributed by atoms with E-state index in [1.54, 1.807) is 0 Å². The maximum atomic E-state index is 6.58. The molecule has 130 valence electrons. The van der Waals surface area contributed by atoms with E-state index in [1.165, 1.54) is 30.4 Å². The first-order valence-electron chi connectivity index (χ1n) is 8.85.